The van der Waals surface area contributed by atoms with E-state index in [9.17, 15) is 35.6 Å². The van der Waals surface area contributed by atoms with Gasteiger partial charge in [0.2, 0.25) is 5.91 Å². The van der Waals surface area contributed by atoms with Gasteiger partial charge in [-0.2, -0.15) is 13.2 Å². The predicted octanol–water partition coefficient (Wildman–Crippen LogP) is 6.17. The van der Waals surface area contributed by atoms with Gasteiger partial charge >= 0.3 is 18.2 Å². The minimum Gasteiger partial charge on any atom is -0.475 e. The lowest BCUT2D eigenvalue weighted by molar-refractivity contribution is -0.192. The van der Waals surface area contributed by atoms with Crippen LogP contribution in [0.25, 0.3) is 10.8 Å². The normalized spacial score (nSPS) is 16.9. The van der Waals surface area contributed by atoms with Crippen molar-refractivity contribution in [2.75, 3.05) is 35.8 Å². The summed E-state index contributed by atoms with van der Waals surface area (Å²) in [6.07, 6.45) is -4.70. The maximum absolute atomic E-state index is 14.7. The number of anilines is 3. The van der Waals surface area contributed by atoms with Gasteiger partial charge in [0.25, 0.3) is 0 Å². The maximum Gasteiger partial charge on any atom is 0.490 e. The van der Waals surface area contributed by atoms with Crippen LogP contribution in [0.2, 0.25) is 0 Å². The topological polar surface area (TPSA) is 181 Å². The highest BCUT2D eigenvalue weighted by molar-refractivity contribution is 7.91. The first-order chi connectivity index (χ1) is 23.8. The number of carbonyl (C=O) groups excluding carboxylic acids is 2. The molecule has 2 atom stereocenters. The minimum atomic E-state index is -5.08. The molecule has 3 aromatic carbocycles. The maximum atomic E-state index is 14.7. The zero-order valence-electron chi connectivity index (χ0n) is 27.8. The molecular formula is C34H35F4N5O7S. The molecule has 2 aliphatic rings. The predicted molar refractivity (Wildman–Crippen MR) is 181 cm³/mol. The number of pyridine rings is 1. The number of carboxylic acids is 1. The van der Waals surface area contributed by atoms with Gasteiger partial charge in [0.15, 0.2) is 9.84 Å². The second kappa shape index (κ2) is 15.2. The molecule has 4 bridgehead atoms. The van der Waals surface area contributed by atoms with E-state index in [0.717, 1.165) is 17.3 Å². The Morgan fingerprint density at radius 3 is 2.43 bits per heavy atom. The molecule has 12 nitrogen and oxygen atoms in total. The number of aromatic nitrogens is 1. The van der Waals surface area contributed by atoms with Crippen molar-refractivity contribution in [3.63, 3.8) is 0 Å². The summed E-state index contributed by atoms with van der Waals surface area (Å²) in [6.45, 7) is 5.42. The van der Waals surface area contributed by atoms with Crippen molar-refractivity contribution in [3.05, 3.63) is 88.9 Å². The SMILES string of the molecule is CCS(=O)(=O)c1ccc2cc1CN(C)C(=O)[C@H](Nc1ccc3c(N)ncc(F)c3c1)c1ccc(c(C)c1)[C@@H](C)COC(=O)N2.O=C(O)C(F)(F)F. The molecule has 0 fully saturated rings. The van der Waals surface area contributed by atoms with Crippen molar-refractivity contribution in [2.45, 2.75) is 50.3 Å². The summed E-state index contributed by atoms with van der Waals surface area (Å²) in [6, 6.07) is 14.1. The first-order valence-electron chi connectivity index (χ1n) is 15.4. The molecule has 2 aliphatic heterocycles. The van der Waals surface area contributed by atoms with E-state index in [1.54, 1.807) is 32.2 Å². The Morgan fingerprint density at radius 2 is 1.80 bits per heavy atom. The summed E-state index contributed by atoms with van der Waals surface area (Å²) in [5, 5.41) is 13.8. The number of amides is 2. The average molecular weight is 734 g/mol. The number of halogens is 4. The first kappa shape index (κ1) is 38.4. The van der Waals surface area contributed by atoms with Crippen LogP contribution in [0.1, 0.15) is 48.1 Å². The fraction of sp³-hybridized carbons (Fsp3) is 0.294. The summed E-state index contributed by atoms with van der Waals surface area (Å²) < 4.78 is 77.9. The number of sulfone groups is 1. The molecule has 272 valence electrons. The molecule has 6 rings (SSSR count). The number of rotatable bonds is 4. The zero-order chi connectivity index (χ0) is 37.8. The molecule has 51 heavy (non-hydrogen) atoms. The Kier molecular flexibility index (Phi) is 11.4. The second-order valence-corrected chi connectivity index (χ2v) is 14.0. The van der Waals surface area contributed by atoms with E-state index in [-0.39, 0.29) is 46.8 Å². The van der Waals surface area contributed by atoms with Gasteiger partial charge in [0.05, 0.1) is 23.5 Å². The Morgan fingerprint density at radius 1 is 1.12 bits per heavy atom. The molecule has 0 saturated heterocycles. The number of hydrogen-bond donors (Lipinski definition) is 4. The molecule has 0 saturated carbocycles. The van der Waals surface area contributed by atoms with Gasteiger partial charge in [-0.3, -0.25) is 10.1 Å². The van der Waals surface area contributed by atoms with Crippen molar-refractivity contribution in [1.29, 1.82) is 0 Å². The van der Waals surface area contributed by atoms with Crippen LogP contribution in [0.3, 0.4) is 0 Å². The molecule has 17 heteroatoms. The van der Waals surface area contributed by atoms with Gasteiger partial charge in [-0.1, -0.05) is 32.0 Å². The Hall–Kier alpha value is -5.45. The van der Waals surface area contributed by atoms with Crippen molar-refractivity contribution in [3.8, 4) is 0 Å². The van der Waals surface area contributed by atoms with Crippen LogP contribution in [0, 0.1) is 12.7 Å². The number of likely N-dealkylation sites (N-methyl/N-ethyl adjacent to an activating group) is 1. The third-order valence-corrected chi connectivity index (χ3v) is 9.93. The molecule has 1 aromatic heterocycles. The van der Waals surface area contributed by atoms with Crippen molar-refractivity contribution < 1.29 is 50.2 Å². The largest absolute Gasteiger partial charge is 0.490 e. The van der Waals surface area contributed by atoms with E-state index in [1.165, 1.54) is 23.1 Å². The number of alkyl halides is 3. The number of benzene rings is 3. The van der Waals surface area contributed by atoms with Crippen LogP contribution in [-0.4, -0.2) is 67.0 Å². The smallest absolute Gasteiger partial charge is 0.475 e. The molecule has 0 aliphatic carbocycles. The number of nitrogens with one attached hydrogen (secondary N) is 2. The van der Waals surface area contributed by atoms with Gasteiger partial charge in [-0.15, -0.1) is 0 Å². The van der Waals surface area contributed by atoms with Crippen LogP contribution in [0.4, 0.5) is 39.5 Å². The van der Waals surface area contributed by atoms with Gasteiger partial charge in [0.1, 0.15) is 17.7 Å². The summed E-state index contributed by atoms with van der Waals surface area (Å²) in [7, 11) is -2.08. The van der Waals surface area contributed by atoms with Crippen LogP contribution < -0.4 is 16.4 Å². The van der Waals surface area contributed by atoms with E-state index in [4.69, 9.17) is 20.4 Å². The lowest BCUT2D eigenvalue weighted by atomic mass is 9.93. The highest BCUT2D eigenvalue weighted by Gasteiger charge is 2.38. The summed E-state index contributed by atoms with van der Waals surface area (Å²) in [4.78, 5) is 41.0. The van der Waals surface area contributed by atoms with Gasteiger partial charge < -0.3 is 25.8 Å². The van der Waals surface area contributed by atoms with E-state index in [0.29, 0.717) is 27.9 Å². The summed E-state index contributed by atoms with van der Waals surface area (Å²) in [5.41, 5.74) is 9.57. The minimum absolute atomic E-state index is 0.0641. The van der Waals surface area contributed by atoms with Crippen LogP contribution in [-0.2, 0) is 30.7 Å². The van der Waals surface area contributed by atoms with E-state index < -0.39 is 39.9 Å². The zero-order valence-corrected chi connectivity index (χ0v) is 28.7. The second-order valence-electron chi connectivity index (χ2n) is 11.8. The number of carboxylic acid groups (broad SMARTS) is 1. The lowest BCUT2D eigenvalue weighted by Crippen LogP contribution is -2.35. The van der Waals surface area contributed by atoms with E-state index in [1.807, 2.05) is 32.0 Å². The Balaban J connectivity index is 0.000000755. The number of ether oxygens (including phenoxy) is 1. The number of hydrogen-bond acceptors (Lipinski definition) is 9. The molecule has 4 aromatic rings. The van der Waals surface area contributed by atoms with Crippen molar-refractivity contribution in [1.82, 2.24) is 9.88 Å². The molecule has 3 heterocycles. The number of fused-ring (bicyclic) bond motifs is 10. The number of carbonyl (C=O) groups is 3. The molecular weight excluding hydrogens is 698 g/mol. The summed E-state index contributed by atoms with van der Waals surface area (Å²) >= 11 is 0. The van der Waals surface area contributed by atoms with Crippen LogP contribution >= 0.6 is 0 Å². The number of nitrogens with two attached hydrogens (primary N) is 1. The molecule has 0 unspecified atom stereocenters. The third-order valence-electron chi connectivity index (χ3n) is 8.10. The Labute approximate surface area is 290 Å². The first-order valence-corrected chi connectivity index (χ1v) is 17.0. The number of nitrogens with zero attached hydrogens (tertiary/aromatic N) is 2. The van der Waals surface area contributed by atoms with Crippen LogP contribution in [0.5, 0.6) is 0 Å². The van der Waals surface area contributed by atoms with Crippen LogP contribution in [0.15, 0.2) is 65.7 Å². The fourth-order valence-corrected chi connectivity index (χ4v) is 6.55. The van der Waals surface area contributed by atoms with E-state index in [2.05, 4.69) is 15.6 Å². The highest BCUT2D eigenvalue weighted by atomic mass is 32.2. The summed E-state index contributed by atoms with van der Waals surface area (Å²) in [5.74, 6) is -3.76. The van der Waals surface area contributed by atoms with Gasteiger partial charge in [-0.05, 0) is 65.6 Å². The molecule has 5 N–H and O–H groups in total. The van der Waals surface area contributed by atoms with Crippen molar-refractivity contribution in [2.24, 2.45) is 0 Å². The number of nitrogen functional groups attached to an aromatic ring is 1. The molecule has 0 spiro atoms. The Bertz CT molecular complexity index is 2090. The fourth-order valence-electron chi connectivity index (χ4n) is 5.44. The molecule has 2 amide bonds. The van der Waals surface area contributed by atoms with Gasteiger partial charge in [-0.25, -0.2) is 27.4 Å². The third kappa shape index (κ3) is 9.02. The molecule has 0 radical (unpaired) electrons. The number of aryl methyl sites for hydroxylation is 1. The monoisotopic (exact) mass is 733 g/mol. The van der Waals surface area contributed by atoms with E-state index >= 15 is 0 Å². The highest BCUT2D eigenvalue weighted by Crippen LogP contribution is 2.32. The van der Waals surface area contributed by atoms with Crippen molar-refractivity contribution >= 4 is 55.8 Å². The average Bonchev–Trinajstić information content (AvgIpc) is 3.07. The van der Waals surface area contributed by atoms with Gasteiger partial charge in [0, 0.05) is 41.7 Å². The lowest BCUT2D eigenvalue weighted by Gasteiger charge is -2.28. The standard InChI is InChI=1S/C32H34FN5O5S.C2HF3O2/c1-5-44(41,42)28-11-8-22-13-21(28)16-38(4)31(39)29(36-23-7-10-25-26(14-23)27(33)15-35-30(25)34)20-6-9-24(18(2)12-20)19(3)17-43-32(40)37-22;3-2(4,5)1(6)7/h6-15,19,29,36H,5,16-17H2,1-4H3,(H2,34,35)(H,37,40);(H,6,7)/t19-,29+;/m0./s1. The number of aliphatic carboxylic acids is 1. The quantitative estimate of drug-likeness (QED) is 0.177.